The highest BCUT2D eigenvalue weighted by Crippen LogP contribution is 2.31. The van der Waals surface area contributed by atoms with Crippen molar-refractivity contribution >= 4 is 34.5 Å². The van der Waals surface area contributed by atoms with Crippen LogP contribution in [0.2, 0.25) is 10.0 Å². The Bertz CT molecular complexity index is 462. The van der Waals surface area contributed by atoms with E-state index < -0.39 is 0 Å². The first-order valence-electron chi connectivity index (χ1n) is 5.39. The van der Waals surface area contributed by atoms with Gasteiger partial charge >= 0.3 is 0 Å². The molecule has 0 radical (unpaired) electrons. The Hall–Kier alpha value is -0.540. The van der Waals surface area contributed by atoms with Crippen LogP contribution in [0.5, 0.6) is 0 Å². The molecule has 0 aliphatic rings. The van der Waals surface area contributed by atoms with Gasteiger partial charge in [-0.2, -0.15) is 11.3 Å². The summed E-state index contributed by atoms with van der Waals surface area (Å²) in [4.78, 5) is 0. The van der Waals surface area contributed by atoms with Crippen LogP contribution < -0.4 is 5.73 Å². The topological polar surface area (TPSA) is 26.0 Å². The smallest absolute Gasteiger partial charge is 0.0468 e. The molecule has 1 unspecified atom stereocenters. The molecule has 1 aromatic heterocycles. The summed E-state index contributed by atoms with van der Waals surface area (Å²) >= 11 is 13.9. The number of hydrogen-bond acceptors (Lipinski definition) is 2. The molecule has 1 nitrogen and oxygen atoms in total. The van der Waals surface area contributed by atoms with Crippen molar-refractivity contribution < 1.29 is 0 Å². The maximum absolute atomic E-state index is 6.15. The van der Waals surface area contributed by atoms with Gasteiger partial charge in [0.25, 0.3) is 0 Å². The first kappa shape index (κ1) is 12.9. The zero-order valence-electron chi connectivity index (χ0n) is 9.20. The van der Waals surface area contributed by atoms with E-state index in [0.717, 1.165) is 18.4 Å². The summed E-state index contributed by atoms with van der Waals surface area (Å²) in [7, 11) is 0. The van der Waals surface area contributed by atoms with Crippen molar-refractivity contribution in [3.63, 3.8) is 0 Å². The first-order chi connectivity index (χ1) is 8.18. The van der Waals surface area contributed by atoms with Crippen molar-refractivity contribution in [3.05, 3.63) is 56.2 Å². The van der Waals surface area contributed by atoms with Crippen LogP contribution >= 0.6 is 34.5 Å². The lowest BCUT2D eigenvalue weighted by molar-refractivity contribution is 0.652. The van der Waals surface area contributed by atoms with Gasteiger partial charge in [0.15, 0.2) is 0 Å². The number of rotatable bonds is 4. The maximum atomic E-state index is 6.15. The van der Waals surface area contributed by atoms with Gasteiger partial charge in [0.05, 0.1) is 0 Å². The number of benzene rings is 1. The summed E-state index contributed by atoms with van der Waals surface area (Å²) in [5, 5.41) is 5.51. The van der Waals surface area contributed by atoms with Crippen LogP contribution in [-0.2, 0) is 6.42 Å². The highest BCUT2D eigenvalue weighted by atomic mass is 35.5. The molecule has 0 fully saturated rings. The van der Waals surface area contributed by atoms with Gasteiger partial charge in [-0.05, 0) is 47.4 Å². The molecule has 1 heterocycles. The number of thiophene rings is 1. The fourth-order valence-corrected chi connectivity index (χ4v) is 3.15. The molecule has 0 bridgehead atoms. The third-order valence-corrected chi connectivity index (χ3v) is 4.09. The van der Waals surface area contributed by atoms with Crippen LogP contribution in [0.1, 0.15) is 23.6 Å². The van der Waals surface area contributed by atoms with Gasteiger partial charge < -0.3 is 5.73 Å². The van der Waals surface area contributed by atoms with Gasteiger partial charge in [-0.15, -0.1) is 0 Å². The lowest BCUT2D eigenvalue weighted by atomic mass is 10.0. The van der Waals surface area contributed by atoms with Crippen molar-refractivity contribution in [2.24, 2.45) is 5.73 Å². The molecule has 1 aromatic carbocycles. The van der Waals surface area contributed by atoms with Gasteiger partial charge in [0.2, 0.25) is 0 Å². The Kier molecular flexibility index (Phi) is 4.46. The van der Waals surface area contributed by atoms with Crippen LogP contribution in [0.25, 0.3) is 0 Å². The maximum Gasteiger partial charge on any atom is 0.0468 e. The van der Waals surface area contributed by atoms with Gasteiger partial charge in [0, 0.05) is 21.7 Å². The number of hydrogen-bond donors (Lipinski definition) is 1. The third kappa shape index (κ3) is 3.23. The lowest BCUT2D eigenvalue weighted by Gasteiger charge is -2.14. The average molecular weight is 286 g/mol. The van der Waals surface area contributed by atoms with Crippen molar-refractivity contribution in [2.75, 3.05) is 0 Å². The van der Waals surface area contributed by atoms with E-state index >= 15 is 0 Å². The van der Waals surface area contributed by atoms with Gasteiger partial charge in [-0.1, -0.05) is 29.3 Å². The molecule has 2 aromatic rings. The quantitative estimate of drug-likeness (QED) is 0.867. The minimum atomic E-state index is -0.115. The van der Waals surface area contributed by atoms with E-state index in [0.29, 0.717) is 10.0 Å². The number of nitrogens with two attached hydrogens (primary N) is 1. The Balaban J connectivity index is 2.07. The molecule has 0 saturated carbocycles. The van der Waals surface area contributed by atoms with E-state index in [2.05, 4.69) is 16.8 Å². The van der Waals surface area contributed by atoms with Crippen molar-refractivity contribution in [1.29, 1.82) is 0 Å². The molecule has 2 rings (SSSR count). The first-order valence-corrected chi connectivity index (χ1v) is 7.09. The second kappa shape index (κ2) is 5.87. The molecule has 2 N–H and O–H groups in total. The molecule has 4 heteroatoms. The Morgan fingerprint density at radius 3 is 2.47 bits per heavy atom. The minimum absolute atomic E-state index is 0.115. The fraction of sp³-hybridized carbons (Fsp3) is 0.231. The molecule has 0 aliphatic carbocycles. The summed E-state index contributed by atoms with van der Waals surface area (Å²) in [6.07, 6.45) is 1.80. The van der Waals surface area contributed by atoms with Gasteiger partial charge in [0.1, 0.15) is 0 Å². The average Bonchev–Trinajstić information content (AvgIpc) is 2.79. The molecule has 0 spiro atoms. The molecule has 0 saturated heterocycles. The van der Waals surface area contributed by atoms with Crippen LogP contribution in [0.4, 0.5) is 0 Å². The summed E-state index contributed by atoms with van der Waals surface area (Å²) in [6, 6.07) is 7.49. The third-order valence-electron chi connectivity index (χ3n) is 2.69. The number of halogens is 2. The molecule has 0 aliphatic heterocycles. The Labute approximate surface area is 115 Å². The summed E-state index contributed by atoms with van der Waals surface area (Å²) in [5.41, 5.74) is 8.31. The largest absolute Gasteiger partial charge is 0.324 e. The zero-order chi connectivity index (χ0) is 12.3. The monoisotopic (exact) mass is 285 g/mol. The predicted molar refractivity (Wildman–Crippen MR) is 76.0 cm³/mol. The van der Waals surface area contributed by atoms with Crippen LogP contribution in [0, 0.1) is 0 Å². The molecular weight excluding hydrogens is 273 g/mol. The lowest BCUT2D eigenvalue weighted by Crippen LogP contribution is -2.12. The van der Waals surface area contributed by atoms with Crippen LogP contribution in [0.3, 0.4) is 0 Å². The van der Waals surface area contributed by atoms with E-state index in [4.69, 9.17) is 28.9 Å². The summed E-state index contributed by atoms with van der Waals surface area (Å²) in [5.74, 6) is 0. The van der Waals surface area contributed by atoms with E-state index in [1.165, 1.54) is 5.56 Å². The van der Waals surface area contributed by atoms with Crippen LogP contribution in [0.15, 0.2) is 35.0 Å². The van der Waals surface area contributed by atoms with E-state index in [9.17, 15) is 0 Å². The van der Waals surface area contributed by atoms with Crippen LogP contribution in [-0.4, -0.2) is 0 Å². The standard InChI is InChI=1S/C13H13Cl2NS/c14-10-2-1-3-11(15)13(10)12(16)5-4-9-6-7-17-8-9/h1-3,6-8,12H,4-5,16H2. The Morgan fingerprint density at radius 2 is 1.88 bits per heavy atom. The second-order valence-electron chi connectivity index (χ2n) is 3.91. The van der Waals surface area contributed by atoms with E-state index in [1.807, 2.05) is 18.2 Å². The Morgan fingerprint density at radius 1 is 1.18 bits per heavy atom. The normalized spacial score (nSPS) is 12.6. The van der Waals surface area contributed by atoms with Gasteiger partial charge in [-0.25, -0.2) is 0 Å². The zero-order valence-corrected chi connectivity index (χ0v) is 11.5. The number of aryl methyl sites for hydroxylation is 1. The van der Waals surface area contributed by atoms with Gasteiger partial charge in [-0.3, -0.25) is 0 Å². The molecule has 17 heavy (non-hydrogen) atoms. The minimum Gasteiger partial charge on any atom is -0.324 e. The van der Waals surface area contributed by atoms with Crippen molar-refractivity contribution in [1.82, 2.24) is 0 Å². The van der Waals surface area contributed by atoms with Crippen molar-refractivity contribution in [2.45, 2.75) is 18.9 Å². The van der Waals surface area contributed by atoms with E-state index in [-0.39, 0.29) is 6.04 Å². The van der Waals surface area contributed by atoms with Crippen molar-refractivity contribution in [3.8, 4) is 0 Å². The summed E-state index contributed by atoms with van der Waals surface area (Å²) in [6.45, 7) is 0. The summed E-state index contributed by atoms with van der Waals surface area (Å²) < 4.78 is 0. The molecular formula is C13H13Cl2NS. The molecule has 90 valence electrons. The highest BCUT2D eigenvalue weighted by molar-refractivity contribution is 7.07. The molecule has 0 amide bonds. The highest BCUT2D eigenvalue weighted by Gasteiger charge is 2.13. The predicted octanol–water partition coefficient (Wildman–Crippen LogP) is 4.69. The fourth-order valence-electron chi connectivity index (χ4n) is 1.77. The second-order valence-corrected chi connectivity index (χ2v) is 5.51. The SMILES string of the molecule is NC(CCc1ccsc1)c1c(Cl)cccc1Cl. The molecule has 1 atom stereocenters. The van der Waals surface area contributed by atoms with E-state index in [1.54, 1.807) is 11.3 Å².